The number of piperidine rings is 1. The van der Waals surface area contributed by atoms with E-state index < -0.39 is 0 Å². The van der Waals surface area contributed by atoms with Crippen molar-refractivity contribution in [3.63, 3.8) is 0 Å². The van der Waals surface area contributed by atoms with Crippen molar-refractivity contribution in [1.82, 2.24) is 19.4 Å². The van der Waals surface area contributed by atoms with Gasteiger partial charge in [0.2, 0.25) is 0 Å². The van der Waals surface area contributed by atoms with Crippen molar-refractivity contribution in [1.29, 1.82) is 0 Å². The Balaban J connectivity index is 1.32. The van der Waals surface area contributed by atoms with Crippen molar-refractivity contribution in [2.24, 2.45) is 5.92 Å². The summed E-state index contributed by atoms with van der Waals surface area (Å²) in [6, 6.07) is 11.9. The second kappa shape index (κ2) is 7.88. The average molecular weight is 405 g/mol. The van der Waals surface area contributed by atoms with Crippen LogP contribution in [0.5, 0.6) is 0 Å². The molecule has 0 unspecified atom stereocenters. The molecule has 1 fully saturated rings. The first-order chi connectivity index (χ1) is 14.6. The zero-order chi connectivity index (χ0) is 20.7. The Morgan fingerprint density at radius 3 is 2.80 bits per heavy atom. The van der Waals surface area contributed by atoms with Crippen LogP contribution in [0.4, 0.5) is 4.39 Å². The lowest BCUT2D eigenvalue weighted by atomic mass is 9.92. The van der Waals surface area contributed by atoms with E-state index in [9.17, 15) is 4.39 Å². The Morgan fingerprint density at radius 1 is 1.13 bits per heavy atom. The number of nitrogens with zero attached hydrogens (tertiary/aromatic N) is 3. The number of fused-ring (bicyclic) bond motifs is 2. The van der Waals surface area contributed by atoms with Crippen LogP contribution in [-0.4, -0.2) is 39.6 Å². The number of imidazole rings is 1. The van der Waals surface area contributed by atoms with Gasteiger partial charge in [0.25, 0.3) is 0 Å². The van der Waals surface area contributed by atoms with Crippen LogP contribution in [-0.2, 0) is 6.54 Å². The van der Waals surface area contributed by atoms with Crippen molar-refractivity contribution < 1.29 is 4.39 Å². The molecule has 2 aromatic heterocycles. The van der Waals surface area contributed by atoms with Gasteiger partial charge in [-0.3, -0.25) is 0 Å². The predicted molar refractivity (Wildman–Crippen MR) is 121 cm³/mol. The van der Waals surface area contributed by atoms with E-state index in [0.29, 0.717) is 11.1 Å². The van der Waals surface area contributed by atoms with Gasteiger partial charge in [0, 0.05) is 34.8 Å². The maximum Gasteiger partial charge on any atom is 0.138 e. The van der Waals surface area contributed by atoms with Gasteiger partial charge in [-0.1, -0.05) is 0 Å². The third kappa shape index (κ3) is 3.63. The molecule has 1 aliphatic rings. The number of aryl methyl sites for hydroxylation is 2. The molecule has 0 spiro atoms. The van der Waals surface area contributed by atoms with Gasteiger partial charge < -0.3 is 14.5 Å². The SMILES string of the molecule is Cc1c(F)ccc2[nH]c(-c3ccc4c(ccn4CCCC4CCN(C)CC4)c3)nc12. The van der Waals surface area contributed by atoms with E-state index in [1.807, 2.05) is 0 Å². The van der Waals surface area contributed by atoms with E-state index in [2.05, 4.69) is 56.9 Å². The smallest absolute Gasteiger partial charge is 0.138 e. The second-order valence-electron chi connectivity index (χ2n) is 8.83. The quantitative estimate of drug-likeness (QED) is 0.459. The van der Waals surface area contributed by atoms with Gasteiger partial charge in [0.15, 0.2) is 0 Å². The number of aromatic amines is 1. The molecular weight excluding hydrogens is 375 g/mol. The summed E-state index contributed by atoms with van der Waals surface area (Å²) in [5.74, 6) is 1.46. The van der Waals surface area contributed by atoms with Crippen molar-refractivity contribution in [3.05, 3.63) is 54.0 Å². The van der Waals surface area contributed by atoms with Gasteiger partial charge in [0.05, 0.1) is 11.0 Å². The van der Waals surface area contributed by atoms with E-state index in [1.54, 1.807) is 13.0 Å². The highest BCUT2D eigenvalue weighted by atomic mass is 19.1. The zero-order valence-electron chi connectivity index (χ0n) is 17.8. The molecule has 5 rings (SSSR count). The Morgan fingerprint density at radius 2 is 1.97 bits per heavy atom. The van der Waals surface area contributed by atoms with Crippen molar-refractivity contribution in [2.45, 2.75) is 39.2 Å². The third-order valence-corrected chi connectivity index (χ3v) is 6.74. The summed E-state index contributed by atoms with van der Waals surface area (Å²) in [4.78, 5) is 10.4. The van der Waals surface area contributed by atoms with Crippen LogP contribution >= 0.6 is 0 Å². The highest BCUT2D eigenvalue weighted by Crippen LogP contribution is 2.28. The minimum Gasteiger partial charge on any atom is -0.347 e. The molecule has 0 aliphatic carbocycles. The highest BCUT2D eigenvalue weighted by molar-refractivity contribution is 5.87. The van der Waals surface area contributed by atoms with Crippen LogP contribution in [0.3, 0.4) is 0 Å². The topological polar surface area (TPSA) is 36.9 Å². The Bertz CT molecular complexity index is 1180. The Hall–Kier alpha value is -2.66. The first kappa shape index (κ1) is 19.3. The minimum atomic E-state index is -0.215. The molecule has 5 heteroatoms. The minimum absolute atomic E-state index is 0.215. The van der Waals surface area contributed by atoms with E-state index in [4.69, 9.17) is 0 Å². The Kier molecular flexibility index (Phi) is 5.07. The number of nitrogens with one attached hydrogen (secondary N) is 1. The van der Waals surface area contributed by atoms with E-state index in [-0.39, 0.29) is 5.82 Å². The van der Waals surface area contributed by atoms with E-state index in [1.165, 1.54) is 55.7 Å². The fourth-order valence-electron chi connectivity index (χ4n) is 4.77. The maximum absolute atomic E-state index is 13.9. The molecule has 4 aromatic rings. The lowest BCUT2D eigenvalue weighted by molar-refractivity contribution is 0.209. The first-order valence-electron chi connectivity index (χ1n) is 11.0. The first-order valence-corrected chi connectivity index (χ1v) is 11.0. The molecule has 1 aliphatic heterocycles. The number of hydrogen-bond donors (Lipinski definition) is 1. The normalized spacial score (nSPS) is 16.1. The number of rotatable bonds is 5. The molecule has 3 heterocycles. The van der Waals surface area contributed by atoms with Crippen LogP contribution in [0.2, 0.25) is 0 Å². The van der Waals surface area contributed by atoms with Gasteiger partial charge in [-0.05, 0) is 95.1 Å². The van der Waals surface area contributed by atoms with Gasteiger partial charge in [-0.2, -0.15) is 0 Å². The molecule has 1 saturated heterocycles. The summed E-state index contributed by atoms with van der Waals surface area (Å²) >= 11 is 0. The molecule has 0 bridgehead atoms. The molecule has 0 atom stereocenters. The lowest BCUT2D eigenvalue weighted by Gasteiger charge is -2.28. The number of H-pyrrole nitrogens is 1. The fraction of sp³-hybridized carbons (Fsp3) is 0.400. The highest BCUT2D eigenvalue weighted by Gasteiger charge is 2.16. The zero-order valence-corrected chi connectivity index (χ0v) is 17.8. The van der Waals surface area contributed by atoms with E-state index in [0.717, 1.165) is 29.4 Å². The molecule has 0 radical (unpaired) electrons. The van der Waals surface area contributed by atoms with Crippen LogP contribution in [0.25, 0.3) is 33.3 Å². The number of aromatic nitrogens is 3. The number of likely N-dealkylation sites (tertiary alicyclic amines) is 1. The molecule has 4 nitrogen and oxygen atoms in total. The summed E-state index contributed by atoms with van der Waals surface area (Å²) in [6.45, 7) is 5.33. The lowest BCUT2D eigenvalue weighted by Crippen LogP contribution is -2.30. The van der Waals surface area contributed by atoms with Crippen LogP contribution in [0.1, 0.15) is 31.2 Å². The maximum atomic E-state index is 13.9. The molecular formula is C25H29FN4. The summed E-state index contributed by atoms with van der Waals surface area (Å²) in [6.07, 6.45) is 7.43. The largest absolute Gasteiger partial charge is 0.347 e. The molecule has 0 saturated carbocycles. The standard InChI is InChI=1S/C25H29FN4/c1-17-21(26)6-7-22-24(17)28-25(27-22)20-5-8-23-19(16-20)11-15-30(23)12-3-4-18-9-13-29(2)14-10-18/h5-8,11,15-16,18H,3-4,9-10,12-14H2,1-2H3,(H,27,28). The molecule has 30 heavy (non-hydrogen) atoms. The van der Waals surface area contributed by atoms with Crippen LogP contribution in [0, 0.1) is 18.7 Å². The third-order valence-electron chi connectivity index (χ3n) is 6.74. The monoisotopic (exact) mass is 404 g/mol. The molecule has 1 N–H and O–H groups in total. The van der Waals surface area contributed by atoms with Gasteiger partial charge in [0.1, 0.15) is 11.6 Å². The van der Waals surface area contributed by atoms with E-state index >= 15 is 0 Å². The van der Waals surface area contributed by atoms with Crippen LogP contribution in [0.15, 0.2) is 42.6 Å². The number of halogens is 1. The summed E-state index contributed by atoms with van der Waals surface area (Å²) < 4.78 is 16.2. The average Bonchev–Trinajstić information content (AvgIpc) is 3.37. The van der Waals surface area contributed by atoms with Crippen molar-refractivity contribution >= 4 is 21.9 Å². The molecule has 0 amide bonds. The molecule has 2 aromatic carbocycles. The van der Waals surface area contributed by atoms with Crippen molar-refractivity contribution in [3.8, 4) is 11.4 Å². The predicted octanol–water partition coefficient (Wildman–Crippen LogP) is 5.75. The van der Waals surface area contributed by atoms with Gasteiger partial charge in [-0.15, -0.1) is 0 Å². The van der Waals surface area contributed by atoms with Crippen molar-refractivity contribution in [2.75, 3.05) is 20.1 Å². The van der Waals surface area contributed by atoms with Crippen LogP contribution < -0.4 is 0 Å². The number of benzene rings is 2. The van der Waals surface area contributed by atoms with Gasteiger partial charge >= 0.3 is 0 Å². The summed E-state index contributed by atoms with van der Waals surface area (Å²) in [7, 11) is 2.22. The second-order valence-corrected chi connectivity index (χ2v) is 8.83. The number of hydrogen-bond acceptors (Lipinski definition) is 2. The molecule has 156 valence electrons. The fourth-order valence-corrected chi connectivity index (χ4v) is 4.77. The summed E-state index contributed by atoms with van der Waals surface area (Å²) in [5, 5.41) is 1.22. The Labute approximate surface area is 176 Å². The summed E-state index contributed by atoms with van der Waals surface area (Å²) in [5.41, 5.74) is 4.46. The van der Waals surface area contributed by atoms with Gasteiger partial charge in [-0.25, -0.2) is 9.37 Å².